The van der Waals surface area contributed by atoms with Gasteiger partial charge in [-0.2, -0.15) is 0 Å². The Kier molecular flexibility index (Phi) is 4.59. The highest BCUT2D eigenvalue weighted by atomic mass is 35.5. The molecule has 2 heterocycles. The van der Waals surface area contributed by atoms with Crippen LogP contribution in [0.25, 0.3) is 0 Å². The molecule has 0 radical (unpaired) electrons. The van der Waals surface area contributed by atoms with E-state index in [-0.39, 0.29) is 6.04 Å². The molecule has 1 aromatic carbocycles. The Morgan fingerprint density at radius 2 is 1.95 bits per heavy atom. The Morgan fingerprint density at radius 1 is 1.18 bits per heavy atom. The Hall–Kier alpha value is -1.66. The highest BCUT2D eigenvalue weighted by Crippen LogP contribution is 2.21. The monoisotopic (exact) mass is 320 g/mol. The van der Waals surface area contributed by atoms with Crippen LogP contribution in [0.4, 0.5) is 5.69 Å². The van der Waals surface area contributed by atoms with E-state index in [2.05, 4.69) is 45.2 Å². The fourth-order valence-electron chi connectivity index (χ4n) is 2.75. The Labute approximate surface area is 135 Å². The van der Waals surface area contributed by atoms with E-state index < -0.39 is 0 Å². The molecule has 0 spiro atoms. The average Bonchev–Trinajstić information content (AvgIpc) is 2.96. The minimum absolute atomic E-state index is 0.290. The van der Waals surface area contributed by atoms with Gasteiger partial charge in [0.25, 0.3) is 0 Å². The average molecular weight is 321 g/mol. The summed E-state index contributed by atoms with van der Waals surface area (Å²) in [4.78, 5) is 4.76. The number of aromatic nitrogens is 4. The number of halogens is 1. The first-order chi connectivity index (χ1) is 10.6. The largest absolute Gasteiger partial charge is 0.369 e. The predicted molar refractivity (Wildman–Crippen MR) is 87.1 cm³/mol. The standard InChI is InChI=1S/C15H21ClN6/c1-12(2)22-15(17-18-19-22)11-20-6-8-21(9-7-20)14-5-3-4-13(16)10-14/h3-5,10,12H,6-9,11H2,1-2H3. The molecule has 0 unspecified atom stereocenters. The van der Waals surface area contributed by atoms with Crippen molar-refractivity contribution in [3.8, 4) is 0 Å². The van der Waals surface area contributed by atoms with Gasteiger partial charge in [-0.05, 0) is 42.5 Å². The molecule has 3 rings (SSSR count). The summed E-state index contributed by atoms with van der Waals surface area (Å²) < 4.78 is 1.89. The van der Waals surface area contributed by atoms with Crippen molar-refractivity contribution in [2.45, 2.75) is 26.4 Å². The number of tetrazole rings is 1. The van der Waals surface area contributed by atoms with Crippen LogP contribution in [0, 0.1) is 0 Å². The van der Waals surface area contributed by atoms with Gasteiger partial charge in [-0.3, -0.25) is 4.90 Å². The van der Waals surface area contributed by atoms with Crippen LogP contribution in [0.1, 0.15) is 25.7 Å². The van der Waals surface area contributed by atoms with Crippen molar-refractivity contribution in [1.29, 1.82) is 0 Å². The van der Waals surface area contributed by atoms with E-state index in [1.807, 2.05) is 22.9 Å². The lowest BCUT2D eigenvalue weighted by molar-refractivity contribution is 0.237. The molecule has 6 nitrogen and oxygen atoms in total. The molecule has 0 saturated carbocycles. The predicted octanol–water partition coefficient (Wildman–Crippen LogP) is 2.23. The maximum Gasteiger partial charge on any atom is 0.165 e. The second kappa shape index (κ2) is 6.62. The molecule has 0 atom stereocenters. The van der Waals surface area contributed by atoms with Gasteiger partial charge in [-0.15, -0.1) is 5.10 Å². The fraction of sp³-hybridized carbons (Fsp3) is 0.533. The summed E-state index contributed by atoms with van der Waals surface area (Å²) in [5, 5.41) is 12.8. The van der Waals surface area contributed by atoms with E-state index in [1.54, 1.807) is 0 Å². The lowest BCUT2D eigenvalue weighted by Crippen LogP contribution is -2.46. The van der Waals surface area contributed by atoms with Gasteiger partial charge in [0.2, 0.25) is 0 Å². The molecule has 0 bridgehead atoms. The number of hydrogen-bond donors (Lipinski definition) is 0. The van der Waals surface area contributed by atoms with Gasteiger partial charge in [0.05, 0.1) is 12.6 Å². The molecule has 1 aliphatic rings. The van der Waals surface area contributed by atoms with Crippen LogP contribution >= 0.6 is 11.6 Å². The Morgan fingerprint density at radius 3 is 2.64 bits per heavy atom. The maximum absolute atomic E-state index is 6.07. The van der Waals surface area contributed by atoms with Crippen LogP contribution in [0.2, 0.25) is 5.02 Å². The summed E-state index contributed by atoms with van der Waals surface area (Å²) in [6.45, 7) is 8.96. The number of rotatable bonds is 4. The van der Waals surface area contributed by atoms with E-state index in [4.69, 9.17) is 11.6 Å². The zero-order valence-corrected chi connectivity index (χ0v) is 13.7. The van der Waals surface area contributed by atoms with Crippen molar-refractivity contribution in [2.24, 2.45) is 0 Å². The van der Waals surface area contributed by atoms with Crippen LogP contribution in [0.3, 0.4) is 0 Å². The molecule has 0 aliphatic carbocycles. The van der Waals surface area contributed by atoms with Gasteiger partial charge in [-0.1, -0.05) is 17.7 Å². The second-order valence-corrected chi connectivity index (χ2v) is 6.31. The van der Waals surface area contributed by atoms with E-state index in [0.717, 1.165) is 43.6 Å². The highest BCUT2D eigenvalue weighted by Gasteiger charge is 2.20. The van der Waals surface area contributed by atoms with Crippen LogP contribution in [0.5, 0.6) is 0 Å². The first-order valence-electron chi connectivity index (χ1n) is 7.63. The number of hydrogen-bond acceptors (Lipinski definition) is 5. The van der Waals surface area contributed by atoms with E-state index in [9.17, 15) is 0 Å². The number of anilines is 1. The minimum Gasteiger partial charge on any atom is -0.369 e. The molecule has 1 fully saturated rings. The van der Waals surface area contributed by atoms with Crippen LogP contribution in [-0.2, 0) is 6.54 Å². The lowest BCUT2D eigenvalue weighted by Gasteiger charge is -2.35. The zero-order chi connectivity index (χ0) is 15.5. The molecular weight excluding hydrogens is 300 g/mol. The Bertz CT molecular complexity index is 618. The summed E-state index contributed by atoms with van der Waals surface area (Å²) in [6.07, 6.45) is 0. The van der Waals surface area contributed by atoms with Crippen LogP contribution < -0.4 is 4.90 Å². The molecule has 1 saturated heterocycles. The van der Waals surface area contributed by atoms with Gasteiger partial charge in [0.15, 0.2) is 5.82 Å². The van der Waals surface area contributed by atoms with E-state index in [0.29, 0.717) is 0 Å². The van der Waals surface area contributed by atoms with Gasteiger partial charge in [0.1, 0.15) is 0 Å². The quantitative estimate of drug-likeness (QED) is 0.864. The van der Waals surface area contributed by atoms with E-state index in [1.165, 1.54) is 5.69 Å². The third-order valence-corrected chi connectivity index (χ3v) is 4.20. The van der Waals surface area contributed by atoms with Crippen LogP contribution in [0.15, 0.2) is 24.3 Å². The number of nitrogens with zero attached hydrogens (tertiary/aromatic N) is 6. The molecule has 118 valence electrons. The second-order valence-electron chi connectivity index (χ2n) is 5.88. The van der Waals surface area contributed by atoms with E-state index >= 15 is 0 Å². The molecule has 7 heteroatoms. The van der Waals surface area contributed by atoms with Gasteiger partial charge < -0.3 is 4.90 Å². The third kappa shape index (κ3) is 3.39. The van der Waals surface area contributed by atoms with Crippen molar-refractivity contribution >= 4 is 17.3 Å². The number of piperazine rings is 1. The van der Waals surface area contributed by atoms with Gasteiger partial charge in [-0.25, -0.2) is 4.68 Å². The smallest absolute Gasteiger partial charge is 0.165 e. The highest BCUT2D eigenvalue weighted by molar-refractivity contribution is 6.30. The first-order valence-corrected chi connectivity index (χ1v) is 8.01. The van der Waals surface area contributed by atoms with Crippen molar-refractivity contribution in [1.82, 2.24) is 25.1 Å². The first kappa shape index (κ1) is 15.2. The normalized spacial score (nSPS) is 16.5. The Balaban J connectivity index is 1.59. The lowest BCUT2D eigenvalue weighted by atomic mass is 10.2. The van der Waals surface area contributed by atoms with Crippen molar-refractivity contribution in [3.05, 3.63) is 35.1 Å². The van der Waals surface area contributed by atoms with Gasteiger partial charge >= 0.3 is 0 Å². The molecule has 0 N–H and O–H groups in total. The maximum atomic E-state index is 6.07. The van der Waals surface area contributed by atoms with Gasteiger partial charge in [0, 0.05) is 36.9 Å². The van der Waals surface area contributed by atoms with Crippen molar-refractivity contribution in [2.75, 3.05) is 31.1 Å². The SMILES string of the molecule is CC(C)n1nnnc1CN1CCN(c2cccc(Cl)c2)CC1. The van der Waals surface area contributed by atoms with Crippen molar-refractivity contribution in [3.63, 3.8) is 0 Å². The molecule has 0 amide bonds. The summed E-state index contributed by atoms with van der Waals surface area (Å²) in [5.74, 6) is 0.936. The third-order valence-electron chi connectivity index (χ3n) is 3.96. The zero-order valence-electron chi connectivity index (χ0n) is 13.0. The summed E-state index contributed by atoms with van der Waals surface area (Å²) in [7, 11) is 0. The fourth-order valence-corrected chi connectivity index (χ4v) is 2.94. The molecular formula is C15H21ClN6. The molecule has 1 aromatic heterocycles. The summed E-state index contributed by atoms with van der Waals surface area (Å²) in [6, 6.07) is 8.34. The topological polar surface area (TPSA) is 50.1 Å². The minimum atomic E-state index is 0.290. The summed E-state index contributed by atoms with van der Waals surface area (Å²) >= 11 is 6.07. The molecule has 22 heavy (non-hydrogen) atoms. The van der Waals surface area contributed by atoms with Crippen LogP contribution in [-0.4, -0.2) is 51.3 Å². The molecule has 2 aromatic rings. The number of benzene rings is 1. The van der Waals surface area contributed by atoms with Crippen molar-refractivity contribution < 1.29 is 0 Å². The summed E-state index contributed by atoms with van der Waals surface area (Å²) in [5.41, 5.74) is 1.19. The molecule has 1 aliphatic heterocycles.